The molecule has 0 saturated carbocycles. The van der Waals surface area contributed by atoms with Crippen LogP contribution < -0.4 is 11.2 Å². The van der Waals surface area contributed by atoms with E-state index in [0.717, 1.165) is 19.3 Å². The van der Waals surface area contributed by atoms with Gasteiger partial charge in [-0.05, 0) is 32.6 Å². The molecule has 0 spiro atoms. The third kappa shape index (κ3) is 4.02. The number of aromatic nitrogens is 4. The first-order chi connectivity index (χ1) is 11.8. The Morgan fingerprint density at radius 3 is 2.64 bits per heavy atom. The molecule has 0 aromatic carbocycles. The van der Waals surface area contributed by atoms with Crippen molar-refractivity contribution in [1.82, 2.24) is 18.7 Å². The van der Waals surface area contributed by atoms with Gasteiger partial charge in [-0.25, -0.2) is 9.78 Å². The molecule has 0 aliphatic heterocycles. The van der Waals surface area contributed by atoms with E-state index >= 15 is 0 Å². The molecule has 0 amide bonds. The second kappa shape index (κ2) is 7.70. The number of nitrogens with zero attached hydrogens (tertiary/aromatic N) is 4. The van der Waals surface area contributed by atoms with Crippen molar-refractivity contribution < 1.29 is 5.11 Å². The summed E-state index contributed by atoms with van der Waals surface area (Å²) in [7, 11) is 1.63. The van der Waals surface area contributed by atoms with E-state index in [-0.39, 0.29) is 11.2 Å². The van der Waals surface area contributed by atoms with Crippen LogP contribution in [0.2, 0.25) is 0 Å². The molecule has 0 saturated heterocycles. The smallest absolute Gasteiger partial charge is 0.332 e. The molecular formula is C18H26N4O3. The number of imidazole rings is 1. The van der Waals surface area contributed by atoms with Crippen molar-refractivity contribution in [3.63, 3.8) is 0 Å². The summed E-state index contributed by atoms with van der Waals surface area (Å²) < 4.78 is 4.50. The quantitative estimate of drug-likeness (QED) is 0.576. The zero-order valence-corrected chi connectivity index (χ0v) is 15.2. The first-order valence-electron chi connectivity index (χ1n) is 8.67. The minimum atomic E-state index is -1.10. The number of terminal acetylenes is 1. The van der Waals surface area contributed by atoms with Crippen molar-refractivity contribution in [3.05, 3.63) is 27.2 Å². The third-order valence-corrected chi connectivity index (χ3v) is 4.42. The zero-order chi connectivity index (χ0) is 18.6. The molecule has 1 unspecified atom stereocenters. The molecular weight excluding hydrogens is 320 g/mol. The van der Waals surface area contributed by atoms with Gasteiger partial charge in [-0.3, -0.25) is 13.9 Å². The van der Waals surface area contributed by atoms with Gasteiger partial charge in [0.05, 0.1) is 6.33 Å². The van der Waals surface area contributed by atoms with Gasteiger partial charge in [-0.1, -0.05) is 19.3 Å². The number of hydrogen-bond acceptors (Lipinski definition) is 4. The largest absolute Gasteiger partial charge is 0.378 e. The van der Waals surface area contributed by atoms with Crippen molar-refractivity contribution in [2.45, 2.75) is 64.6 Å². The van der Waals surface area contributed by atoms with Gasteiger partial charge in [0.25, 0.3) is 5.56 Å². The summed E-state index contributed by atoms with van der Waals surface area (Å²) in [6, 6.07) is 0. The molecule has 2 aromatic heterocycles. The summed E-state index contributed by atoms with van der Waals surface area (Å²) in [5.41, 5.74) is -0.850. The fourth-order valence-electron chi connectivity index (χ4n) is 2.92. The van der Waals surface area contributed by atoms with Crippen LogP contribution in [-0.4, -0.2) is 29.4 Å². The van der Waals surface area contributed by atoms with Gasteiger partial charge in [-0.15, -0.1) is 6.42 Å². The minimum Gasteiger partial charge on any atom is -0.378 e. The first kappa shape index (κ1) is 19.0. The number of aliphatic hydroxyl groups is 1. The van der Waals surface area contributed by atoms with Crippen LogP contribution in [0.4, 0.5) is 0 Å². The number of fused-ring (bicyclic) bond motifs is 1. The highest BCUT2D eigenvalue weighted by Crippen LogP contribution is 2.13. The highest BCUT2D eigenvalue weighted by Gasteiger charge is 2.17. The first-order valence-corrected chi connectivity index (χ1v) is 8.67. The standard InChI is InChI=1S/C18H26N4O3/c1-5-11-21-13-19-15-14(21)16(23)22(17(24)20(15)4)12-9-7-8-10-18(3,25)6-2/h2,13,25H,5,7-12H2,1,3-4H3. The predicted molar refractivity (Wildman–Crippen MR) is 97.4 cm³/mol. The Hall–Kier alpha value is -2.33. The normalized spacial score (nSPS) is 13.7. The van der Waals surface area contributed by atoms with Crippen LogP contribution in [0, 0.1) is 12.3 Å². The Morgan fingerprint density at radius 1 is 1.28 bits per heavy atom. The Bertz CT molecular complexity index is 896. The zero-order valence-electron chi connectivity index (χ0n) is 15.2. The predicted octanol–water partition coefficient (Wildman–Crippen LogP) is 1.25. The van der Waals surface area contributed by atoms with Crippen molar-refractivity contribution in [3.8, 4) is 12.3 Å². The molecule has 0 aliphatic rings. The van der Waals surface area contributed by atoms with Crippen molar-refractivity contribution in [2.75, 3.05) is 0 Å². The molecule has 0 aliphatic carbocycles. The average Bonchev–Trinajstić information content (AvgIpc) is 2.99. The topological polar surface area (TPSA) is 82.1 Å². The number of hydrogen-bond donors (Lipinski definition) is 1. The van der Waals surface area contributed by atoms with Gasteiger partial charge in [0.15, 0.2) is 11.2 Å². The van der Waals surface area contributed by atoms with E-state index in [2.05, 4.69) is 10.9 Å². The lowest BCUT2D eigenvalue weighted by Gasteiger charge is -2.15. The Labute approximate surface area is 146 Å². The summed E-state index contributed by atoms with van der Waals surface area (Å²) in [5, 5.41) is 9.79. The summed E-state index contributed by atoms with van der Waals surface area (Å²) in [6.07, 6.45) is 10.4. The summed E-state index contributed by atoms with van der Waals surface area (Å²) in [5.74, 6) is 2.35. The molecule has 2 rings (SSSR count). The van der Waals surface area contributed by atoms with Crippen LogP contribution >= 0.6 is 0 Å². The van der Waals surface area contributed by atoms with Crippen LogP contribution in [0.15, 0.2) is 15.9 Å². The van der Waals surface area contributed by atoms with Gasteiger partial charge in [-0.2, -0.15) is 0 Å². The fraction of sp³-hybridized carbons (Fsp3) is 0.611. The fourth-order valence-corrected chi connectivity index (χ4v) is 2.92. The molecule has 7 heteroatoms. The van der Waals surface area contributed by atoms with E-state index in [1.165, 1.54) is 9.13 Å². The summed E-state index contributed by atoms with van der Waals surface area (Å²) in [6.45, 7) is 4.66. The Morgan fingerprint density at radius 2 is 2.00 bits per heavy atom. The summed E-state index contributed by atoms with van der Waals surface area (Å²) >= 11 is 0. The molecule has 1 atom stereocenters. The van der Waals surface area contributed by atoms with Crippen molar-refractivity contribution in [1.29, 1.82) is 0 Å². The van der Waals surface area contributed by atoms with Crippen LogP contribution in [0.3, 0.4) is 0 Å². The molecule has 0 fully saturated rings. The average molecular weight is 346 g/mol. The molecule has 136 valence electrons. The number of aryl methyl sites for hydroxylation is 2. The number of unbranched alkanes of at least 4 members (excludes halogenated alkanes) is 2. The van der Waals surface area contributed by atoms with Gasteiger partial charge in [0, 0.05) is 20.1 Å². The van der Waals surface area contributed by atoms with Gasteiger partial charge >= 0.3 is 5.69 Å². The SMILES string of the molecule is C#CC(C)(O)CCCCCn1c(=O)c2c(ncn2CCC)n(C)c1=O. The van der Waals surface area contributed by atoms with Crippen LogP contribution in [0.25, 0.3) is 11.2 Å². The lowest BCUT2D eigenvalue weighted by molar-refractivity contribution is 0.109. The van der Waals surface area contributed by atoms with E-state index in [4.69, 9.17) is 6.42 Å². The molecule has 25 heavy (non-hydrogen) atoms. The Balaban J connectivity index is 2.18. The third-order valence-electron chi connectivity index (χ3n) is 4.42. The van der Waals surface area contributed by atoms with E-state index in [9.17, 15) is 14.7 Å². The van der Waals surface area contributed by atoms with Crippen molar-refractivity contribution in [2.24, 2.45) is 7.05 Å². The highest BCUT2D eigenvalue weighted by atomic mass is 16.3. The molecule has 0 radical (unpaired) electrons. The van der Waals surface area contributed by atoms with E-state index in [1.807, 2.05) is 6.92 Å². The minimum absolute atomic E-state index is 0.292. The summed E-state index contributed by atoms with van der Waals surface area (Å²) in [4.78, 5) is 29.4. The van der Waals surface area contributed by atoms with Crippen molar-refractivity contribution >= 4 is 11.2 Å². The maximum Gasteiger partial charge on any atom is 0.332 e. The maximum atomic E-state index is 12.7. The number of rotatable bonds is 8. The van der Waals surface area contributed by atoms with Crippen LogP contribution in [0.5, 0.6) is 0 Å². The monoisotopic (exact) mass is 346 g/mol. The van der Waals surface area contributed by atoms with Gasteiger partial charge < -0.3 is 9.67 Å². The highest BCUT2D eigenvalue weighted by molar-refractivity contribution is 5.69. The van der Waals surface area contributed by atoms with E-state index in [1.54, 1.807) is 24.9 Å². The molecule has 2 heterocycles. The molecule has 2 aromatic rings. The second-order valence-electron chi connectivity index (χ2n) is 6.64. The van der Waals surface area contributed by atoms with Gasteiger partial charge in [0.1, 0.15) is 5.60 Å². The van der Waals surface area contributed by atoms with E-state index < -0.39 is 5.60 Å². The maximum absolute atomic E-state index is 12.7. The van der Waals surface area contributed by atoms with Crippen LogP contribution in [-0.2, 0) is 20.1 Å². The van der Waals surface area contributed by atoms with E-state index in [0.29, 0.717) is 37.1 Å². The second-order valence-corrected chi connectivity index (χ2v) is 6.64. The van der Waals surface area contributed by atoms with Gasteiger partial charge in [0.2, 0.25) is 0 Å². The molecule has 7 nitrogen and oxygen atoms in total. The Kier molecular flexibility index (Phi) is 5.85. The molecule has 1 N–H and O–H groups in total. The van der Waals surface area contributed by atoms with Crippen LogP contribution in [0.1, 0.15) is 46.0 Å². The molecule has 0 bridgehead atoms. The lowest BCUT2D eigenvalue weighted by Crippen LogP contribution is -2.39. The lowest BCUT2D eigenvalue weighted by atomic mass is 9.99.